The summed E-state index contributed by atoms with van der Waals surface area (Å²) < 4.78 is 0. The van der Waals surface area contributed by atoms with E-state index in [0.29, 0.717) is 6.42 Å². The lowest BCUT2D eigenvalue weighted by Gasteiger charge is -2.17. The van der Waals surface area contributed by atoms with Crippen LogP contribution in [-0.4, -0.2) is 39.3 Å². The van der Waals surface area contributed by atoms with Crippen molar-refractivity contribution in [3.63, 3.8) is 0 Å². The van der Waals surface area contributed by atoms with Gasteiger partial charge in [-0.05, 0) is 32.1 Å². The molecule has 0 aromatic rings. The van der Waals surface area contributed by atoms with Crippen molar-refractivity contribution < 1.29 is 24.9 Å². The van der Waals surface area contributed by atoms with Gasteiger partial charge in [0, 0.05) is 24.7 Å². The predicted octanol–water partition coefficient (Wildman–Crippen LogP) is 3.58. The van der Waals surface area contributed by atoms with Crippen molar-refractivity contribution in [2.24, 2.45) is 11.8 Å². The van der Waals surface area contributed by atoms with Crippen LogP contribution in [0.3, 0.4) is 0 Å². The number of aliphatic hydroxyl groups is 2. The zero-order chi connectivity index (χ0) is 20.1. The first kappa shape index (κ1) is 23.1. The Morgan fingerprint density at radius 2 is 1.78 bits per heavy atom. The van der Waals surface area contributed by atoms with Gasteiger partial charge in [-0.1, -0.05) is 55.5 Å². The number of hydrogen-bond donors (Lipinski definition) is 3. The molecule has 0 aromatic heterocycles. The fourth-order valence-corrected chi connectivity index (χ4v) is 3.10. The van der Waals surface area contributed by atoms with Gasteiger partial charge in [-0.25, -0.2) is 0 Å². The van der Waals surface area contributed by atoms with Gasteiger partial charge in [-0.15, -0.1) is 0 Å². The minimum Gasteiger partial charge on any atom is -0.481 e. The second-order valence-electron chi connectivity index (χ2n) is 6.84. The molecular weight excluding hydrogens is 344 g/mol. The third kappa shape index (κ3) is 9.50. The molecule has 27 heavy (non-hydrogen) atoms. The lowest BCUT2D eigenvalue weighted by Crippen LogP contribution is -2.19. The van der Waals surface area contributed by atoms with Gasteiger partial charge >= 0.3 is 5.97 Å². The number of aliphatic carboxylic acids is 1. The molecule has 0 heterocycles. The van der Waals surface area contributed by atoms with Crippen molar-refractivity contribution in [1.82, 2.24) is 0 Å². The van der Waals surface area contributed by atoms with Crippen LogP contribution in [0, 0.1) is 11.8 Å². The Hall–Kier alpha value is -1.98. The molecule has 5 heteroatoms. The third-order valence-electron chi connectivity index (χ3n) is 4.62. The van der Waals surface area contributed by atoms with Crippen molar-refractivity contribution in [2.75, 3.05) is 0 Å². The molecule has 0 aliphatic heterocycles. The van der Waals surface area contributed by atoms with Gasteiger partial charge in [0.05, 0.1) is 12.2 Å². The van der Waals surface area contributed by atoms with E-state index < -0.39 is 24.1 Å². The summed E-state index contributed by atoms with van der Waals surface area (Å²) in [5.41, 5.74) is 0. The molecule has 0 amide bonds. The monoisotopic (exact) mass is 376 g/mol. The Morgan fingerprint density at radius 1 is 1.15 bits per heavy atom. The summed E-state index contributed by atoms with van der Waals surface area (Å²) in [6, 6.07) is 0. The Labute approximate surface area is 161 Å². The van der Waals surface area contributed by atoms with Crippen LogP contribution in [0.5, 0.6) is 0 Å². The molecule has 0 bridgehead atoms. The zero-order valence-electron chi connectivity index (χ0n) is 16.0. The second-order valence-corrected chi connectivity index (χ2v) is 6.84. The molecule has 0 unspecified atom stereocenters. The van der Waals surface area contributed by atoms with Crippen LogP contribution in [-0.2, 0) is 9.59 Å². The molecule has 5 nitrogen and oxygen atoms in total. The van der Waals surface area contributed by atoms with E-state index in [4.69, 9.17) is 5.11 Å². The molecule has 0 spiro atoms. The van der Waals surface area contributed by atoms with Gasteiger partial charge in [0.2, 0.25) is 0 Å². The SMILES string of the molecule is CC/C=C\C/C=C\C/C=C\C[C@H]1[C@@H](O)CC(=O)[C@@H]1/C=C/[C@@H](O)CCC(=O)O. The minimum atomic E-state index is -0.965. The predicted molar refractivity (Wildman–Crippen MR) is 106 cm³/mol. The Morgan fingerprint density at radius 3 is 2.41 bits per heavy atom. The first-order valence-electron chi connectivity index (χ1n) is 9.69. The van der Waals surface area contributed by atoms with Crippen LogP contribution in [0.25, 0.3) is 0 Å². The quantitative estimate of drug-likeness (QED) is 0.453. The molecule has 1 aliphatic carbocycles. The van der Waals surface area contributed by atoms with E-state index in [1.165, 1.54) is 6.08 Å². The van der Waals surface area contributed by atoms with Crippen molar-refractivity contribution in [3.8, 4) is 0 Å². The summed E-state index contributed by atoms with van der Waals surface area (Å²) >= 11 is 0. The molecule has 1 saturated carbocycles. The van der Waals surface area contributed by atoms with Crippen LogP contribution >= 0.6 is 0 Å². The summed E-state index contributed by atoms with van der Waals surface area (Å²) in [4.78, 5) is 22.6. The molecule has 0 saturated heterocycles. The van der Waals surface area contributed by atoms with E-state index in [1.807, 2.05) is 12.2 Å². The maximum absolute atomic E-state index is 12.1. The molecule has 3 N–H and O–H groups in total. The van der Waals surface area contributed by atoms with Gasteiger partial charge in [-0.2, -0.15) is 0 Å². The molecular formula is C22H32O5. The normalized spacial score (nSPS) is 24.9. The first-order chi connectivity index (χ1) is 13.0. The highest BCUT2D eigenvalue weighted by Crippen LogP contribution is 2.33. The van der Waals surface area contributed by atoms with Crippen molar-refractivity contribution in [1.29, 1.82) is 0 Å². The highest BCUT2D eigenvalue weighted by atomic mass is 16.4. The van der Waals surface area contributed by atoms with Crippen LogP contribution < -0.4 is 0 Å². The number of carboxylic acids is 1. The van der Waals surface area contributed by atoms with E-state index >= 15 is 0 Å². The molecule has 1 fully saturated rings. The van der Waals surface area contributed by atoms with Crippen molar-refractivity contribution >= 4 is 11.8 Å². The standard InChI is InChI=1S/C22H32O5/c1-2-3-4-5-6-7-8-9-10-11-18-19(21(25)16-20(18)24)14-12-17(23)13-15-22(26)27/h3-4,6-7,9-10,12,14,17-20,23-24H,2,5,8,11,13,15-16H2,1H3,(H,26,27)/b4-3-,7-6-,10-9-,14-12+/t17-,18-,19-,20+/m1/s1. The molecule has 0 aromatic carbocycles. The molecule has 1 aliphatic rings. The summed E-state index contributed by atoms with van der Waals surface area (Å²) in [6.45, 7) is 2.10. The summed E-state index contributed by atoms with van der Waals surface area (Å²) in [5.74, 6) is -1.63. The van der Waals surface area contributed by atoms with Gasteiger partial charge in [-0.3, -0.25) is 9.59 Å². The average Bonchev–Trinajstić information content (AvgIpc) is 2.89. The number of ketones is 1. The van der Waals surface area contributed by atoms with E-state index in [0.717, 1.165) is 19.3 Å². The molecule has 4 atom stereocenters. The van der Waals surface area contributed by atoms with Gasteiger partial charge < -0.3 is 15.3 Å². The van der Waals surface area contributed by atoms with Crippen LogP contribution in [0.2, 0.25) is 0 Å². The topological polar surface area (TPSA) is 94.8 Å². The second kappa shape index (κ2) is 13.2. The number of carbonyl (C=O) groups excluding carboxylic acids is 1. The largest absolute Gasteiger partial charge is 0.481 e. The summed E-state index contributed by atoms with van der Waals surface area (Å²) in [5, 5.41) is 28.6. The number of hydrogen-bond acceptors (Lipinski definition) is 4. The van der Waals surface area contributed by atoms with Crippen molar-refractivity contribution in [2.45, 2.75) is 64.1 Å². The summed E-state index contributed by atoms with van der Waals surface area (Å²) in [6.07, 6.45) is 17.5. The molecule has 0 radical (unpaired) electrons. The number of carbonyl (C=O) groups is 2. The number of allylic oxidation sites excluding steroid dienone is 7. The smallest absolute Gasteiger partial charge is 0.303 e. The highest BCUT2D eigenvalue weighted by Gasteiger charge is 2.39. The number of Topliss-reactive ketones (excluding diaryl/α,β-unsaturated/α-hetero) is 1. The highest BCUT2D eigenvalue weighted by molar-refractivity contribution is 5.86. The average molecular weight is 376 g/mol. The summed E-state index contributed by atoms with van der Waals surface area (Å²) in [7, 11) is 0. The molecule has 1 rings (SSSR count). The van der Waals surface area contributed by atoms with E-state index in [1.54, 1.807) is 6.08 Å². The zero-order valence-corrected chi connectivity index (χ0v) is 16.0. The molecule has 150 valence electrons. The number of rotatable bonds is 12. The van der Waals surface area contributed by atoms with Crippen LogP contribution in [0.4, 0.5) is 0 Å². The van der Waals surface area contributed by atoms with Gasteiger partial charge in [0.15, 0.2) is 0 Å². The fourth-order valence-electron chi connectivity index (χ4n) is 3.10. The first-order valence-corrected chi connectivity index (χ1v) is 9.69. The number of carboxylic acid groups (broad SMARTS) is 1. The van der Waals surface area contributed by atoms with E-state index in [9.17, 15) is 19.8 Å². The van der Waals surface area contributed by atoms with Crippen LogP contribution in [0.15, 0.2) is 48.6 Å². The van der Waals surface area contributed by atoms with E-state index in [2.05, 4.69) is 31.2 Å². The van der Waals surface area contributed by atoms with Crippen LogP contribution in [0.1, 0.15) is 51.9 Å². The fraction of sp³-hybridized carbons (Fsp3) is 0.545. The maximum atomic E-state index is 12.1. The third-order valence-corrected chi connectivity index (χ3v) is 4.62. The number of aliphatic hydroxyl groups excluding tert-OH is 2. The Bertz CT molecular complexity index is 573. The van der Waals surface area contributed by atoms with Gasteiger partial charge in [0.1, 0.15) is 5.78 Å². The Kier molecular flexibility index (Phi) is 11.3. The van der Waals surface area contributed by atoms with E-state index in [-0.39, 0.29) is 31.0 Å². The van der Waals surface area contributed by atoms with Gasteiger partial charge in [0.25, 0.3) is 0 Å². The lowest BCUT2D eigenvalue weighted by molar-refractivity contribution is -0.137. The lowest BCUT2D eigenvalue weighted by atomic mass is 9.90. The Balaban J connectivity index is 2.48. The maximum Gasteiger partial charge on any atom is 0.303 e. The van der Waals surface area contributed by atoms with Crippen molar-refractivity contribution in [3.05, 3.63) is 48.6 Å². The minimum absolute atomic E-state index is 0.0369.